The highest BCUT2D eigenvalue weighted by molar-refractivity contribution is 5.44. The topological polar surface area (TPSA) is 52.9 Å². The Balaban J connectivity index is 2.26. The Kier molecular flexibility index (Phi) is 4.80. The van der Waals surface area contributed by atoms with Crippen LogP contribution in [0.2, 0.25) is 0 Å². The quantitative estimate of drug-likeness (QED) is 0.844. The van der Waals surface area contributed by atoms with Gasteiger partial charge in [0.15, 0.2) is 0 Å². The van der Waals surface area contributed by atoms with Crippen molar-refractivity contribution in [2.24, 2.45) is 0 Å². The average Bonchev–Trinajstić information content (AvgIpc) is 2.45. The first-order valence-electron chi connectivity index (χ1n) is 7.00. The summed E-state index contributed by atoms with van der Waals surface area (Å²) in [6.07, 6.45) is 0.344. The lowest BCUT2D eigenvalue weighted by atomic mass is 9.94. The molecule has 0 aromatic heterocycles. The molecule has 2 atom stereocenters. The molecule has 1 aliphatic heterocycles. The Morgan fingerprint density at radius 2 is 2.16 bits per heavy atom. The van der Waals surface area contributed by atoms with Crippen LogP contribution in [0.5, 0.6) is 5.75 Å². The number of benzene rings is 1. The van der Waals surface area contributed by atoms with Crippen molar-refractivity contribution in [1.82, 2.24) is 4.90 Å². The van der Waals surface area contributed by atoms with Gasteiger partial charge in [0.2, 0.25) is 0 Å². The lowest BCUT2D eigenvalue weighted by Gasteiger charge is -2.38. The van der Waals surface area contributed by atoms with E-state index in [1.807, 2.05) is 25.1 Å². The monoisotopic (exact) mass is 265 g/mol. The molecular formula is C15H23NO3. The number of aryl methyl sites for hydroxylation is 1. The van der Waals surface area contributed by atoms with Gasteiger partial charge in [0.25, 0.3) is 0 Å². The highest BCUT2D eigenvalue weighted by Gasteiger charge is 2.33. The van der Waals surface area contributed by atoms with Crippen molar-refractivity contribution in [1.29, 1.82) is 0 Å². The lowest BCUT2D eigenvalue weighted by Crippen LogP contribution is -2.47. The van der Waals surface area contributed by atoms with Crippen LogP contribution in [0.25, 0.3) is 0 Å². The summed E-state index contributed by atoms with van der Waals surface area (Å²) in [5, 5.41) is 19.7. The molecule has 2 unspecified atom stereocenters. The van der Waals surface area contributed by atoms with Gasteiger partial charge in [0.05, 0.1) is 12.6 Å². The molecule has 2 N–H and O–H groups in total. The van der Waals surface area contributed by atoms with Gasteiger partial charge in [-0.15, -0.1) is 0 Å². The third-order valence-electron chi connectivity index (χ3n) is 3.85. The first-order chi connectivity index (χ1) is 9.22. The number of hydrogen-bond donors (Lipinski definition) is 2. The average molecular weight is 265 g/mol. The van der Waals surface area contributed by atoms with Crippen LogP contribution in [0.1, 0.15) is 31.1 Å². The van der Waals surface area contributed by atoms with Gasteiger partial charge in [0, 0.05) is 12.1 Å². The Hall–Kier alpha value is -1.10. The molecule has 0 radical (unpaired) electrons. The molecule has 0 spiro atoms. The van der Waals surface area contributed by atoms with E-state index in [1.54, 1.807) is 0 Å². The van der Waals surface area contributed by atoms with Crippen molar-refractivity contribution in [3.63, 3.8) is 0 Å². The van der Waals surface area contributed by atoms with Crippen molar-refractivity contribution in [3.8, 4) is 5.75 Å². The third kappa shape index (κ3) is 2.76. The first-order valence-corrected chi connectivity index (χ1v) is 7.00. The van der Waals surface area contributed by atoms with Crippen LogP contribution < -0.4 is 4.74 Å². The minimum Gasteiger partial charge on any atom is -0.491 e. The van der Waals surface area contributed by atoms with E-state index in [0.29, 0.717) is 13.2 Å². The molecule has 1 heterocycles. The number of likely N-dealkylation sites (N-methyl/N-ethyl adjacent to an activating group) is 1. The van der Waals surface area contributed by atoms with Gasteiger partial charge in [-0.05, 0) is 18.5 Å². The standard InChI is InChI=1S/C15H23NO3/c1-3-11-6-5-7-12-14(18)13(10-19-15(11)12)16(4-2)8-9-17/h5-7,13-14,17-18H,3-4,8-10H2,1-2H3. The molecule has 0 fully saturated rings. The summed E-state index contributed by atoms with van der Waals surface area (Å²) >= 11 is 0. The number of aliphatic hydroxyl groups excluding tert-OH is 2. The van der Waals surface area contributed by atoms with Gasteiger partial charge in [-0.25, -0.2) is 0 Å². The maximum absolute atomic E-state index is 10.6. The SMILES string of the molecule is CCc1cccc2c1OCC(N(CC)CCO)C2O. The molecule has 1 aliphatic rings. The molecule has 0 saturated heterocycles. The fraction of sp³-hybridized carbons (Fsp3) is 0.600. The number of nitrogens with zero attached hydrogens (tertiary/aromatic N) is 1. The third-order valence-corrected chi connectivity index (χ3v) is 3.85. The molecule has 2 rings (SSSR count). The number of aliphatic hydroxyl groups is 2. The van der Waals surface area contributed by atoms with Crippen LogP contribution in [0, 0.1) is 0 Å². The van der Waals surface area contributed by atoms with Crippen molar-refractivity contribution < 1.29 is 14.9 Å². The first kappa shape index (κ1) is 14.3. The predicted molar refractivity (Wildman–Crippen MR) is 74.4 cm³/mol. The van der Waals surface area contributed by atoms with Crippen LogP contribution in [-0.2, 0) is 6.42 Å². The smallest absolute Gasteiger partial charge is 0.128 e. The second-order valence-corrected chi connectivity index (χ2v) is 4.86. The van der Waals surface area contributed by atoms with E-state index in [0.717, 1.165) is 29.8 Å². The molecule has 19 heavy (non-hydrogen) atoms. The number of rotatable bonds is 5. The number of hydrogen-bond acceptors (Lipinski definition) is 4. The fourth-order valence-corrected chi connectivity index (χ4v) is 2.75. The second kappa shape index (κ2) is 6.37. The normalized spacial score (nSPS) is 22.2. The molecular weight excluding hydrogens is 242 g/mol. The maximum Gasteiger partial charge on any atom is 0.128 e. The van der Waals surface area contributed by atoms with Crippen molar-refractivity contribution >= 4 is 0 Å². The molecule has 1 aromatic rings. The van der Waals surface area contributed by atoms with Gasteiger partial charge in [0.1, 0.15) is 18.5 Å². The molecule has 0 saturated carbocycles. The molecule has 1 aromatic carbocycles. The van der Waals surface area contributed by atoms with Gasteiger partial charge in [-0.3, -0.25) is 4.90 Å². The lowest BCUT2D eigenvalue weighted by molar-refractivity contribution is -0.000718. The summed E-state index contributed by atoms with van der Waals surface area (Å²) in [6.45, 7) is 6.03. The maximum atomic E-state index is 10.6. The van der Waals surface area contributed by atoms with Crippen LogP contribution in [0.15, 0.2) is 18.2 Å². The van der Waals surface area contributed by atoms with Crippen LogP contribution in [0.4, 0.5) is 0 Å². The highest BCUT2D eigenvalue weighted by atomic mass is 16.5. The largest absolute Gasteiger partial charge is 0.491 e. The fourth-order valence-electron chi connectivity index (χ4n) is 2.75. The van der Waals surface area contributed by atoms with E-state index < -0.39 is 6.10 Å². The number of fused-ring (bicyclic) bond motifs is 1. The number of ether oxygens (including phenoxy) is 1. The Morgan fingerprint density at radius 1 is 1.37 bits per heavy atom. The summed E-state index contributed by atoms with van der Waals surface area (Å²) in [6, 6.07) is 5.85. The summed E-state index contributed by atoms with van der Waals surface area (Å²) in [5.41, 5.74) is 2.01. The van der Waals surface area contributed by atoms with Crippen molar-refractivity contribution in [3.05, 3.63) is 29.3 Å². The van der Waals surface area contributed by atoms with Gasteiger partial charge >= 0.3 is 0 Å². The summed E-state index contributed by atoms with van der Waals surface area (Å²) in [7, 11) is 0. The molecule has 0 amide bonds. The zero-order chi connectivity index (χ0) is 13.8. The van der Waals surface area contributed by atoms with E-state index >= 15 is 0 Å². The van der Waals surface area contributed by atoms with Crippen LogP contribution >= 0.6 is 0 Å². The van der Waals surface area contributed by atoms with E-state index in [2.05, 4.69) is 11.8 Å². The van der Waals surface area contributed by atoms with E-state index in [4.69, 9.17) is 9.84 Å². The van der Waals surface area contributed by atoms with E-state index in [1.165, 1.54) is 0 Å². The number of para-hydroxylation sites is 1. The minimum atomic E-state index is -0.554. The summed E-state index contributed by atoms with van der Waals surface area (Å²) in [5.74, 6) is 0.841. The van der Waals surface area contributed by atoms with Crippen LogP contribution in [0.3, 0.4) is 0 Å². The van der Waals surface area contributed by atoms with Gasteiger partial charge in [-0.2, -0.15) is 0 Å². The molecule has 106 valence electrons. The van der Waals surface area contributed by atoms with Crippen molar-refractivity contribution in [2.75, 3.05) is 26.3 Å². The highest BCUT2D eigenvalue weighted by Crippen LogP contribution is 2.36. The molecule has 0 aliphatic carbocycles. The van der Waals surface area contributed by atoms with E-state index in [9.17, 15) is 5.11 Å². The Morgan fingerprint density at radius 3 is 2.79 bits per heavy atom. The zero-order valence-electron chi connectivity index (χ0n) is 11.7. The van der Waals surface area contributed by atoms with Crippen LogP contribution in [-0.4, -0.2) is 47.5 Å². The Bertz CT molecular complexity index is 422. The molecule has 0 bridgehead atoms. The van der Waals surface area contributed by atoms with Gasteiger partial charge in [-0.1, -0.05) is 32.0 Å². The summed E-state index contributed by atoms with van der Waals surface area (Å²) in [4.78, 5) is 2.06. The minimum absolute atomic E-state index is 0.0863. The second-order valence-electron chi connectivity index (χ2n) is 4.86. The molecule has 4 heteroatoms. The van der Waals surface area contributed by atoms with Gasteiger partial charge < -0.3 is 14.9 Å². The Labute approximate surface area is 114 Å². The summed E-state index contributed by atoms with van der Waals surface area (Å²) < 4.78 is 5.87. The van der Waals surface area contributed by atoms with E-state index in [-0.39, 0.29) is 12.6 Å². The predicted octanol–water partition coefficient (Wildman–Crippen LogP) is 1.36. The molecule has 4 nitrogen and oxygen atoms in total. The zero-order valence-corrected chi connectivity index (χ0v) is 11.7. The van der Waals surface area contributed by atoms with Crippen molar-refractivity contribution in [2.45, 2.75) is 32.4 Å².